The summed E-state index contributed by atoms with van der Waals surface area (Å²) in [5.74, 6) is 0.771. The van der Waals surface area contributed by atoms with E-state index in [-0.39, 0.29) is 11.2 Å². The van der Waals surface area contributed by atoms with Gasteiger partial charge in [0.2, 0.25) is 0 Å². The predicted octanol–water partition coefficient (Wildman–Crippen LogP) is 3.61. The van der Waals surface area contributed by atoms with Crippen LogP contribution in [0.1, 0.15) is 43.7 Å². The number of aromatic nitrogens is 4. The number of aryl methyl sites for hydroxylation is 3. The summed E-state index contributed by atoms with van der Waals surface area (Å²) in [6.45, 7) is 4.99. The van der Waals surface area contributed by atoms with Gasteiger partial charge in [-0.3, -0.25) is 13.9 Å². The molecular formula is C21H28N4O2S. The van der Waals surface area contributed by atoms with E-state index in [0.29, 0.717) is 11.2 Å². The zero-order valence-corrected chi connectivity index (χ0v) is 17.9. The Bertz CT molecular complexity index is 1080. The van der Waals surface area contributed by atoms with Crippen LogP contribution in [0.2, 0.25) is 0 Å². The molecule has 0 N–H and O–H groups in total. The van der Waals surface area contributed by atoms with Crippen LogP contribution in [0.4, 0.5) is 0 Å². The molecule has 0 unspecified atom stereocenters. The first-order chi connectivity index (χ1) is 13.4. The zero-order valence-electron chi connectivity index (χ0n) is 17.1. The molecule has 150 valence electrons. The van der Waals surface area contributed by atoms with Gasteiger partial charge in [-0.1, -0.05) is 67.8 Å². The fourth-order valence-corrected chi connectivity index (χ4v) is 4.25. The molecule has 0 aliphatic heterocycles. The number of hydrogen-bond donors (Lipinski definition) is 0. The van der Waals surface area contributed by atoms with Crippen molar-refractivity contribution in [2.75, 3.05) is 0 Å². The van der Waals surface area contributed by atoms with E-state index in [9.17, 15) is 9.59 Å². The maximum Gasteiger partial charge on any atom is 0.332 e. The summed E-state index contributed by atoms with van der Waals surface area (Å²) in [5.41, 5.74) is 2.81. The average Bonchev–Trinajstić information content (AvgIpc) is 3.06. The van der Waals surface area contributed by atoms with E-state index in [2.05, 4.69) is 43.1 Å². The quantitative estimate of drug-likeness (QED) is 0.428. The second kappa shape index (κ2) is 8.82. The molecule has 0 atom stereocenters. The lowest BCUT2D eigenvalue weighted by atomic mass is 10.2. The molecule has 0 fully saturated rings. The van der Waals surface area contributed by atoms with Crippen molar-refractivity contribution in [1.29, 1.82) is 0 Å². The molecule has 1 aromatic carbocycles. The lowest BCUT2D eigenvalue weighted by Crippen LogP contribution is -2.37. The van der Waals surface area contributed by atoms with Crippen LogP contribution in [0.25, 0.3) is 11.2 Å². The van der Waals surface area contributed by atoms with Crippen LogP contribution in [0.15, 0.2) is 39.0 Å². The third kappa shape index (κ3) is 4.09. The normalized spacial score (nSPS) is 11.4. The highest BCUT2D eigenvalue weighted by molar-refractivity contribution is 7.98. The van der Waals surface area contributed by atoms with Crippen molar-refractivity contribution in [2.45, 2.75) is 57.0 Å². The smallest absolute Gasteiger partial charge is 0.313 e. The number of imidazole rings is 1. The molecule has 0 amide bonds. The number of hydrogen-bond acceptors (Lipinski definition) is 4. The van der Waals surface area contributed by atoms with Crippen LogP contribution in [0.3, 0.4) is 0 Å². The van der Waals surface area contributed by atoms with Gasteiger partial charge < -0.3 is 4.57 Å². The third-order valence-corrected chi connectivity index (χ3v) is 6.08. The van der Waals surface area contributed by atoms with Gasteiger partial charge in [0.15, 0.2) is 16.3 Å². The Morgan fingerprint density at radius 1 is 1.00 bits per heavy atom. The zero-order chi connectivity index (χ0) is 20.3. The molecule has 0 saturated carbocycles. The lowest BCUT2D eigenvalue weighted by Gasteiger charge is -2.09. The number of unbranched alkanes of at least 4 members (excludes halogenated alkanes) is 3. The Labute approximate surface area is 169 Å². The van der Waals surface area contributed by atoms with Crippen LogP contribution in [-0.4, -0.2) is 18.7 Å². The molecule has 0 aliphatic rings. The van der Waals surface area contributed by atoms with Crippen molar-refractivity contribution < 1.29 is 0 Å². The number of benzene rings is 1. The first kappa shape index (κ1) is 20.5. The molecule has 3 rings (SSSR count). The van der Waals surface area contributed by atoms with Crippen molar-refractivity contribution >= 4 is 22.9 Å². The maximum absolute atomic E-state index is 12.8. The summed E-state index contributed by atoms with van der Waals surface area (Å²) in [4.78, 5) is 29.8. The molecule has 0 saturated heterocycles. The van der Waals surface area contributed by atoms with Gasteiger partial charge in [-0.2, -0.15) is 0 Å². The van der Waals surface area contributed by atoms with Gasteiger partial charge in [0, 0.05) is 26.4 Å². The van der Waals surface area contributed by atoms with Crippen molar-refractivity contribution in [3.8, 4) is 0 Å². The summed E-state index contributed by atoms with van der Waals surface area (Å²) < 4.78 is 4.64. The lowest BCUT2D eigenvalue weighted by molar-refractivity contribution is 0.561. The SMILES string of the molecule is CCCCCCn1c(SCc2ccc(C)cc2)nc2c1c(=O)n(C)c(=O)n2C. The molecule has 0 bridgehead atoms. The first-order valence-corrected chi connectivity index (χ1v) is 10.8. The Kier molecular flexibility index (Phi) is 6.44. The van der Waals surface area contributed by atoms with Crippen LogP contribution in [-0.2, 0) is 26.4 Å². The molecule has 6 nitrogen and oxygen atoms in total. The molecular weight excluding hydrogens is 372 g/mol. The molecule has 2 aromatic heterocycles. The van der Waals surface area contributed by atoms with Crippen LogP contribution in [0, 0.1) is 6.92 Å². The predicted molar refractivity (Wildman–Crippen MR) is 115 cm³/mol. The maximum atomic E-state index is 12.8. The van der Waals surface area contributed by atoms with Crippen molar-refractivity contribution in [2.24, 2.45) is 14.1 Å². The van der Waals surface area contributed by atoms with Crippen molar-refractivity contribution in [3.63, 3.8) is 0 Å². The van der Waals surface area contributed by atoms with E-state index in [1.54, 1.807) is 18.8 Å². The molecule has 0 radical (unpaired) electrons. The minimum atomic E-state index is -0.344. The highest BCUT2D eigenvalue weighted by atomic mass is 32.2. The highest BCUT2D eigenvalue weighted by Crippen LogP contribution is 2.26. The number of nitrogens with zero attached hydrogens (tertiary/aromatic N) is 4. The molecule has 0 aliphatic carbocycles. The molecule has 28 heavy (non-hydrogen) atoms. The topological polar surface area (TPSA) is 61.8 Å². The van der Waals surface area contributed by atoms with E-state index in [0.717, 1.165) is 36.7 Å². The van der Waals surface area contributed by atoms with Gasteiger partial charge in [0.05, 0.1) is 0 Å². The van der Waals surface area contributed by atoms with E-state index in [1.807, 2.05) is 4.57 Å². The van der Waals surface area contributed by atoms with Gasteiger partial charge in [-0.25, -0.2) is 9.78 Å². The van der Waals surface area contributed by atoms with Crippen molar-refractivity contribution in [1.82, 2.24) is 18.7 Å². The minimum absolute atomic E-state index is 0.275. The van der Waals surface area contributed by atoms with E-state index >= 15 is 0 Å². The van der Waals surface area contributed by atoms with Crippen LogP contribution >= 0.6 is 11.8 Å². The summed E-state index contributed by atoms with van der Waals surface area (Å²) in [6, 6.07) is 8.43. The van der Waals surface area contributed by atoms with E-state index in [1.165, 1.54) is 33.7 Å². The largest absolute Gasteiger partial charge is 0.332 e. The Balaban J connectivity index is 2.00. The third-order valence-electron chi connectivity index (χ3n) is 5.04. The second-order valence-electron chi connectivity index (χ2n) is 7.26. The van der Waals surface area contributed by atoms with Crippen molar-refractivity contribution in [3.05, 3.63) is 56.2 Å². The summed E-state index contributed by atoms with van der Waals surface area (Å²) >= 11 is 1.61. The van der Waals surface area contributed by atoms with Crippen LogP contribution < -0.4 is 11.2 Å². The van der Waals surface area contributed by atoms with Gasteiger partial charge in [-0.05, 0) is 18.9 Å². The fourth-order valence-electron chi connectivity index (χ4n) is 3.27. The highest BCUT2D eigenvalue weighted by Gasteiger charge is 2.19. The van der Waals surface area contributed by atoms with E-state index in [4.69, 9.17) is 0 Å². The first-order valence-electron chi connectivity index (χ1n) is 9.78. The summed E-state index contributed by atoms with van der Waals surface area (Å²) in [5, 5.41) is 0.797. The molecule has 7 heteroatoms. The Hall–Kier alpha value is -2.28. The fraction of sp³-hybridized carbons (Fsp3) is 0.476. The van der Waals surface area contributed by atoms with Gasteiger partial charge >= 0.3 is 5.69 Å². The van der Waals surface area contributed by atoms with Gasteiger partial charge in [0.25, 0.3) is 5.56 Å². The van der Waals surface area contributed by atoms with Gasteiger partial charge in [0.1, 0.15) is 0 Å². The summed E-state index contributed by atoms with van der Waals surface area (Å²) in [7, 11) is 3.20. The standard InChI is InChI=1S/C21H28N4O2S/c1-5-6-7-8-13-25-17-18(23(3)21(27)24(4)19(17)26)22-20(25)28-14-16-11-9-15(2)10-12-16/h9-12H,5-8,13-14H2,1-4H3. The van der Waals surface area contributed by atoms with Crippen LogP contribution in [0.5, 0.6) is 0 Å². The van der Waals surface area contributed by atoms with E-state index < -0.39 is 0 Å². The molecule has 2 heterocycles. The Morgan fingerprint density at radius 3 is 2.39 bits per heavy atom. The molecule has 0 spiro atoms. The summed E-state index contributed by atoms with van der Waals surface area (Å²) in [6.07, 6.45) is 4.44. The number of fused-ring (bicyclic) bond motifs is 1. The molecule has 3 aromatic rings. The average molecular weight is 401 g/mol. The number of thioether (sulfide) groups is 1. The Morgan fingerprint density at radius 2 is 1.71 bits per heavy atom. The monoisotopic (exact) mass is 400 g/mol. The second-order valence-corrected chi connectivity index (χ2v) is 8.20. The van der Waals surface area contributed by atoms with Gasteiger partial charge in [-0.15, -0.1) is 0 Å². The number of rotatable bonds is 8. The minimum Gasteiger partial charge on any atom is -0.313 e.